The van der Waals surface area contributed by atoms with Crippen LogP contribution in [0, 0.1) is 5.92 Å². The minimum absolute atomic E-state index is 0.0889. The second kappa shape index (κ2) is 8.90. The molecular formula is C15H29N3OS. The first kappa shape index (κ1) is 16.1. The Bertz CT molecular complexity index is 289. The van der Waals surface area contributed by atoms with Crippen molar-refractivity contribution in [2.45, 2.75) is 38.6 Å². The number of hydrogen-bond acceptors (Lipinski definition) is 4. The van der Waals surface area contributed by atoms with Crippen molar-refractivity contribution in [2.75, 3.05) is 44.2 Å². The summed E-state index contributed by atoms with van der Waals surface area (Å²) in [5, 5.41) is 6.40. The maximum Gasteiger partial charge on any atom is 0.216 e. The van der Waals surface area contributed by atoms with Crippen molar-refractivity contribution in [2.24, 2.45) is 5.92 Å². The lowest BCUT2D eigenvalue weighted by Gasteiger charge is -2.37. The molecule has 2 aliphatic rings. The van der Waals surface area contributed by atoms with Crippen molar-refractivity contribution in [3.63, 3.8) is 0 Å². The summed E-state index contributed by atoms with van der Waals surface area (Å²) < 4.78 is 0. The van der Waals surface area contributed by atoms with Crippen LogP contribution in [0.4, 0.5) is 0 Å². The Kier molecular flexibility index (Phi) is 7.17. The van der Waals surface area contributed by atoms with Gasteiger partial charge in [0.05, 0.1) is 0 Å². The van der Waals surface area contributed by atoms with Gasteiger partial charge in [0.15, 0.2) is 0 Å². The molecule has 0 aromatic carbocycles. The van der Waals surface area contributed by atoms with E-state index >= 15 is 0 Å². The zero-order valence-corrected chi connectivity index (χ0v) is 13.5. The predicted octanol–water partition coefficient (Wildman–Crippen LogP) is 1.32. The number of hydrogen-bond donors (Lipinski definition) is 2. The van der Waals surface area contributed by atoms with Crippen LogP contribution in [0.15, 0.2) is 0 Å². The molecule has 4 nitrogen and oxygen atoms in total. The van der Waals surface area contributed by atoms with Gasteiger partial charge in [0.25, 0.3) is 0 Å². The van der Waals surface area contributed by atoms with E-state index in [1.807, 2.05) is 0 Å². The first-order valence-corrected chi connectivity index (χ1v) is 9.18. The molecule has 2 aliphatic heterocycles. The molecule has 0 aromatic rings. The minimum Gasteiger partial charge on any atom is -0.355 e. The molecule has 2 fully saturated rings. The van der Waals surface area contributed by atoms with Crippen molar-refractivity contribution in [3.8, 4) is 0 Å². The molecule has 5 heteroatoms. The molecule has 20 heavy (non-hydrogen) atoms. The van der Waals surface area contributed by atoms with E-state index in [1.54, 1.807) is 6.92 Å². The van der Waals surface area contributed by atoms with Gasteiger partial charge >= 0.3 is 0 Å². The fourth-order valence-corrected chi connectivity index (χ4v) is 4.33. The standard InChI is InChI=1S/C15H29N3OS/c1-13(19)17-8-9-18(15-4-10-20-11-5-15)12-14-2-6-16-7-3-14/h14-16H,2-12H2,1H3,(H,17,19). The number of piperidine rings is 1. The van der Waals surface area contributed by atoms with E-state index < -0.39 is 0 Å². The lowest BCUT2D eigenvalue weighted by atomic mass is 9.96. The summed E-state index contributed by atoms with van der Waals surface area (Å²) in [4.78, 5) is 13.7. The highest BCUT2D eigenvalue weighted by atomic mass is 32.2. The molecule has 0 spiro atoms. The zero-order valence-electron chi connectivity index (χ0n) is 12.7. The quantitative estimate of drug-likeness (QED) is 0.776. The van der Waals surface area contributed by atoms with Crippen LogP contribution >= 0.6 is 11.8 Å². The molecule has 1 amide bonds. The van der Waals surface area contributed by atoms with E-state index in [4.69, 9.17) is 0 Å². The fourth-order valence-electron chi connectivity index (χ4n) is 3.24. The number of thioether (sulfide) groups is 1. The molecule has 0 atom stereocenters. The molecule has 0 unspecified atom stereocenters. The second-order valence-corrected chi connectivity index (χ2v) is 7.24. The Morgan fingerprint density at radius 1 is 1.25 bits per heavy atom. The molecule has 0 aromatic heterocycles. The molecule has 0 bridgehead atoms. The highest BCUT2D eigenvalue weighted by Gasteiger charge is 2.24. The van der Waals surface area contributed by atoms with Gasteiger partial charge in [-0.05, 0) is 56.2 Å². The monoisotopic (exact) mass is 299 g/mol. The molecule has 0 saturated carbocycles. The van der Waals surface area contributed by atoms with E-state index in [0.29, 0.717) is 0 Å². The summed E-state index contributed by atoms with van der Waals surface area (Å²) in [5.41, 5.74) is 0. The average Bonchev–Trinajstić information content (AvgIpc) is 2.48. The van der Waals surface area contributed by atoms with Crippen LogP contribution in [-0.4, -0.2) is 61.1 Å². The van der Waals surface area contributed by atoms with Crippen LogP contribution in [0.1, 0.15) is 32.6 Å². The fraction of sp³-hybridized carbons (Fsp3) is 0.933. The van der Waals surface area contributed by atoms with E-state index in [-0.39, 0.29) is 5.91 Å². The van der Waals surface area contributed by atoms with E-state index in [1.165, 1.54) is 56.8 Å². The van der Waals surface area contributed by atoms with Crippen LogP contribution in [0.5, 0.6) is 0 Å². The Morgan fingerprint density at radius 2 is 1.95 bits per heavy atom. The SMILES string of the molecule is CC(=O)NCCN(CC1CCNCC1)C1CCSCC1. The third-order valence-corrected chi connectivity index (χ3v) is 5.48. The van der Waals surface area contributed by atoms with E-state index in [2.05, 4.69) is 27.3 Å². The summed E-state index contributed by atoms with van der Waals surface area (Å²) in [6, 6.07) is 0.736. The first-order valence-electron chi connectivity index (χ1n) is 8.02. The van der Waals surface area contributed by atoms with Gasteiger partial charge in [-0.15, -0.1) is 0 Å². The Labute approximate surface area is 127 Å². The molecule has 2 saturated heterocycles. The molecule has 0 aliphatic carbocycles. The maximum atomic E-state index is 11.1. The maximum absolute atomic E-state index is 11.1. The number of carbonyl (C=O) groups excluding carboxylic acids is 1. The molecule has 0 radical (unpaired) electrons. The lowest BCUT2D eigenvalue weighted by Crippen LogP contribution is -2.46. The van der Waals surface area contributed by atoms with Crippen molar-refractivity contribution < 1.29 is 4.79 Å². The van der Waals surface area contributed by atoms with Crippen LogP contribution in [0.25, 0.3) is 0 Å². The van der Waals surface area contributed by atoms with Gasteiger partial charge in [-0.1, -0.05) is 0 Å². The summed E-state index contributed by atoms with van der Waals surface area (Å²) in [7, 11) is 0. The van der Waals surface area contributed by atoms with Crippen molar-refractivity contribution in [3.05, 3.63) is 0 Å². The highest BCUT2D eigenvalue weighted by Crippen LogP contribution is 2.24. The zero-order chi connectivity index (χ0) is 14.2. The van der Waals surface area contributed by atoms with Crippen molar-refractivity contribution in [1.29, 1.82) is 0 Å². The van der Waals surface area contributed by atoms with Gasteiger partial charge in [0, 0.05) is 32.6 Å². The summed E-state index contributed by atoms with van der Waals surface area (Å²) in [6.07, 6.45) is 5.24. The van der Waals surface area contributed by atoms with Gasteiger partial charge in [-0.3, -0.25) is 9.69 Å². The topological polar surface area (TPSA) is 44.4 Å². The van der Waals surface area contributed by atoms with Gasteiger partial charge < -0.3 is 10.6 Å². The van der Waals surface area contributed by atoms with Crippen LogP contribution < -0.4 is 10.6 Å². The van der Waals surface area contributed by atoms with Crippen LogP contribution in [-0.2, 0) is 4.79 Å². The lowest BCUT2D eigenvalue weighted by molar-refractivity contribution is -0.119. The van der Waals surface area contributed by atoms with Gasteiger partial charge in [0.1, 0.15) is 0 Å². The number of amides is 1. The van der Waals surface area contributed by atoms with Gasteiger partial charge in [0.2, 0.25) is 5.91 Å². The smallest absolute Gasteiger partial charge is 0.216 e. The highest BCUT2D eigenvalue weighted by molar-refractivity contribution is 7.99. The molecule has 2 N–H and O–H groups in total. The minimum atomic E-state index is 0.0889. The molecular weight excluding hydrogens is 270 g/mol. The Balaban J connectivity index is 1.82. The molecule has 2 rings (SSSR count). The molecule has 116 valence electrons. The third-order valence-electron chi connectivity index (χ3n) is 4.43. The molecule has 2 heterocycles. The largest absolute Gasteiger partial charge is 0.355 e. The van der Waals surface area contributed by atoms with Crippen molar-refractivity contribution in [1.82, 2.24) is 15.5 Å². The van der Waals surface area contributed by atoms with Crippen LogP contribution in [0.3, 0.4) is 0 Å². The van der Waals surface area contributed by atoms with Gasteiger partial charge in [-0.2, -0.15) is 11.8 Å². The Morgan fingerprint density at radius 3 is 2.60 bits per heavy atom. The van der Waals surface area contributed by atoms with E-state index in [9.17, 15) is 4.79 Å². The first-order chi connectivity index (χ1) is 9.75. The average molecular weight is 299 g/mol. The third kappa shape index (κ3) is 5.62. The second-order valence-electron chi connectivity index (χ2n) is 6.01. The summed E-state index contributed by atoms with van der Waals surface area (Å²) in [6.45, 7) is 6.98. The normalized spacial score (nSPS) is 22.1. The Hall–Kier alpha value is -0.260. The summed E-state index contributed by atoms with van der Waals surface area (Å²) in [5.74, 6) is 3.52. The number of nitrogens with one attached hydrogen (secondary N) is 2. The summed E-state index contributed by atoms with van der Waals surface area (Å²) >= 11 is 2.08. The number of carbonyl (C=O) groups is 1. The number of rotatable bonds is 6. The number of nitrogens with zero attached hydrogens (tertiary/aromatic N) is 1. The van der Waals surface area contributed by atoms with Gasteiger partial charge in [-0.25, -0.2) is 0 Å². The van der Waals surface area contributed by atoms with E-state index in [0.717, 1.165) is 25.0 Å². The van der Waals surface area contributed by atoms with Crippen molar-refractivity contribution >= 4 is 17.7 Å². The van der Waals surface area contributed by atoms with Crippen LogP contribution in [0.2, 0.25) is 0 Å². The predicted molar refractivity (Wildman–Crippen MR) is 86.2 cm³/mol.